The summed E-state index contributed by atoms with van der Waals surface area (Å²) in [6, 6.07) is 2.21. The fourth-order valence-corrected chi connectivity index (χ4v) is 5.03. The molecule has 1 saturated heterocycles. The smallest absolute Gasteiger partial charge is 0.167 e. The minimum absolute atomic E-state index is 0.393. The Hall–Kier alpha value is -2.21. The average Bonchev–Trinajstić information content (AvgIpc) is 3.52. The van der Waals surface area contributed by atoms with Crippen molar-refractivity contribution in [1.82, 2.24) is 24.7 Å². The van der Waals surface area contributed by atoms with Crippen molar-refractivity contribution in [2.24, 2.45) is 0 Å². The number of thioether (sulfide) groups is 1. The fraction of sp³-hybridized carbons (Fsp3) is 0.579. The van der Waals surface area contributed by atoms with Gasteiger partial charge in [-0.25, -0.2) is 15.0 Å². The van der Waals surface area contributed by atoms with Crippen LogP contribution in [0.5, 0.6) is 0 Å². The Morgan fingerprint density at radius 2 is 2.03 bits per heavy atom. The van der Waals surface area contributed by atoms with Crippen molar-refractivity contribution in [2.45, 2.75) is 68.2 Å². The molecule has 3 aromatic heterocycles. The van der Waals surface area contributed by atoms with Crippen molar-refractivity contribution in [2.75, 3.05) is 11.1 Å². The fourth-order valence-electron chi connectivity index (χ4n) is 4.08. The Bertz CT molecular complexity index is 1020. The first-order valence-electron chi connectivity index (χ1n) is 10.1. The number of imidazole rings is 1. The van der Waals surface area contributed by atoms with Crippen LogP contribution in [0.1, 0.15) is 37.7 Å². The zero-order valence-electron chi connectivity index (χ0n) is 16.5. The highest BCUT2D eigenvalue weighted by atomic mass is 32.2. The number of anilines is 1. The molecule has 2 fully saturated rings. The van der Waals surface area contributed by atoms with Crippen molar-refractivity contribution in [3.8, 4) is 0 Å². The predicted octanol–water partition coefficient (Wildman–Crippen LogP) is 1.89. The highest BCUT2D eigenvalue weighted by molar-refractivity contribution is 7.99. The summed E-state index contributed by atoms with van der Waals surface area (Å²) >= 11 is 1.41. The van der Waals surface area contributed by atoms with Crippen LogP contribution in [-0.2, 0) is 4.74 Å². The molecule has 3 aromatic rings. The van der Waals surface area contributed by atoms with E-state index in [0.29, 0.717) is 33.8 Å². The van der Waals surface area contributed by atoms with Crippen LogP contribution >= 0.6 is 11.8 Å². The summed E-state index contributed by atoms with van der Waals surface area (Å²) in [6.45, 7) is 1.82. The normalized spacial score (nSPS) is 27.3. The Kier molecular flexibility index (Phi) is 5.35. The van der Waals surface area contributed by atoms with Crippen LogP contribution in [0.4, 0.5) is 5.82 Å². The zero-order chi connectivity index (χ0) is 20.7. The monoisotopic (exact) mass is 432 g/mol. The van der Waals surface area contributed by atoms with E-state index in [1.165, 1.54) is 30.9 Å². The number of fused-ring (bicyclic) bond motifs is 1. The van der Waals surface area contributed by atoms with E-state index in [0.717, 1.165) is 18.6 Å². The lowest BCUT2D eigenvalue weighted by molar-refractivity contribution is -0.0289. The lowest BCUT2D eigenvalue weighted by Gasteiger charge is -2.17. The summed E-state index contributed by atoms with van der Waals surface area (Å²) in [4.78, 5) is 13.2. The van der Waals surface area contributed by atoms with Gasteiger partial charge in [0, 0.05) is 17.9 Å². The number of aliphatic hydroxyl groups excluding tert-OH is 2. The maximum absolute atomic E-state index is 10.6. The Labute approximate surface area is 177 Å². The summed E-state index contributed by atoms with van der Waals surface area (Å²) < 4.78 is 12.7. The molecule has 1 aliphatic carbocycles. The number of hydrogen-bond acceptors (Lipinski definition) is 10. The second-order valence-electron chi connectivity index (χ2n) is 7.81. The standard InChI is InChI=1S/C19H24N6O4S/c1-10-6-13(24-29-10)30-7-12-15(26)16(27)19(28-12)25-9-22-14-17(20-8-21-18(14)25)23-11-4-2-3-5-11/h6,8-9,11-12,15-16,19,26-27H,2-5,7H2,1H3,(H,20,21,23)/t12-,15+,16+,19+/m0/s1. The molecule has 1 saturated carbocycles. The van der Waals surface area contributed by atoms with Crippen LogP contribution in [-0.4, -0.2) is 65.0 Å². The van der Waals surface area contributed by atoms with Crippen LogP contribution in [0.25, 0.3) is 11.2 Å². The topological polar surface area (TPSA) is 131 Å². The van der Waals surface area contributed by atoms with E-state index in [1.807, 2.05) is 13.0 Å². The molecule has 0 radical (unpaired) electrons. The Balaban J connectivity index is 1.34. The van der Waals surface area contributed by atoms with E-state index >= 15 is 0 Å². The third-order valence-corrected chi connectivity index (χ3v) is 6.65. The van der Waals surface area contributed by atoms with Gasteiger partial charge in [-0.2, -0.15) is 0 Å². The quantitative estimate of drug-likeness (QED) is 0.496. The van der Waals surface area contributed by atoms with Crippen molar-refractivity contribution < 1.29 is 19.5 Å². The van der Waals surface area contributed by atoms with Crippen molar-refractivity contribution >= 4 is 28.7 Å². The minimum atomic E-state index is -1.10. The Morgan fingerprint density at radius 3 is 2.80 bits per heavy atom. The summed E-state index contributed by atoms with van der Waals surface area (Å²) in [7, 11) is 0. The number of aryl methyl sites for hydroxylation is 1. The van der Waals surface area contributed by atoms with Gasteiger partial charge in [0.1, 0.15) is 29.3 Å². The largest absolute Gasteiger partial charge is 0.387 e. The van der Waals surface area contributed by atoms with E-state index in [9.17, 15) is 10.2 Å². The van der Waals surface area contributed by atoms with Gasteiger partial charge in [-0.1, -0.05) is 18.0 Å². The molecule has 0 aromatic carbocycles. The molecule has 0 unspecified atom stereocenters. The third kappa shape index (κ3) is 3.66. The van der Waals surface area contributed by atoms with Gasteiger partial charge < -0.3 is 24.8 Å². The molecule has 5 rings (SSSR count). The zero-order valence-corrected chi connectivity index (χ0v) is 17.3. The van der Waals surface area contributed by atoms with Gasteiger partial charge in [-0.3, -0.25) is 4.57 Å². The second-order valence-corrected chi connectivity index (χ2v) is 8.85. The van der Waals surface area contributed by atoms with Gasteiger partial charge >= 0.3 is 0 Å². The van der Waals surface area contributed by atoms with Crippen LogP contribution in [0.3, 0.4) is 0 Å². The number of hydrogen-bond donors (Lipinski definition) is 3. The first-order chi connectivity index (χ1) is 14.6. The summed E-state index contributed by atoms with van der Waals surface area (Å²) in [6.07, 6.45) is 4.23. The molecule has 0 spiro atoms. The molecule has 0 amide bonds. The maximum atomic E-state index is 10.6. The molecular weight excluding hydrogens is 408 g/mol. The lowest BCUT2D eigenvalue weighted by Crippen LogP contribution is -2.32. The summed E-state index contributed by atoms with van der Waals surface area (Å²) in [5.74, 6) is 1.83. The van der Waals surface area contributed by atoms with Crippen LogP contribution in [0.2, 0.25) is 0 Å². The molecule has 11 heteroatoms. The third-order valence-electron chi connectivity index (χ3n) is 5.67. The van der Waals surface area contributed by atoms with Crippen molar-refractivity contribution in [3.63, 3.8) is 0 Å². The predicted molar refractivity (Wildman–Crippen MR) is 109 cm³/mol. The molecule has 3 N–H and O–H groups in total. The molecule has 10 nitrogen and oxygen atoms in total. The molecule has 30 heavy (non-hydrogen) atoms. The lowest BCUT2D eigenvalue weighted by atomic mass is 10.1. The highest BCUT2D eigenvalue weighted by Crippen LogP contribution is 2.35. The van der Waals surface area contributed by atoms with Gasteiger partial charge in [-0.05, 0) is 19.8 Å². The van der Waals surface area contributed by atoms with Crippen LogP contribution < -0.4 is 5.32 Å². The van der Waals surface area contributed by atoms with Crippen LogP contribution in [0, 0.1) is 6.92 Å². The Morgan fingerprint density at radius 1 is 1.20 bits per heavy atom. The highest BCUT2D eigenvalue weighted by Gasteiger charge is 2.44. The molecule has 4 atom stereocenters. The molecule has 4 heterocycles. The summed E-state index contributed by atoms with van der Waals surface area (Å²) in [5, 5.41) is 29.3. The van der Waals surface area contributed by atoms with Crippen molar-refractivity contribution in [3.05, 3.63) is 24.5 Å². The van der Waals surface area contributed by atoms with Gasteiger partial charge in [-0.15, -0.1) is 11.8 Å². The maximum Gasteiger partial charge on any atom is 0.167 e. The second kappa shape index (κ2) is 8.14. The number of nitrogens with one attached hydrogen (secondary N) is 1. The van der Waals surface area contributed by atoms with E-state index in [-0.39, 0.29) is 0 Å². The molecule has 0 bridgehead atoms. The van der Waals surface area contributed by atoms with Gasteiger partial charge in [0.05, 0.1) is 12.4 Å². The van der Waals surface area contributed by atoms with Gasteiger partial charge in [0.25, 0.3) is 0 Å². The number of aliphatic hydroxyl groups is 2. The summed E-state index contributed by atoms with van der Waals surface area (Å²) in [5.41, 5.74) is 1.19. The molecule has 1 aliphatic heterocycles. The molecule has 2 aliphatic rings. The first-order valence-corrected chi connectivity index (χ1v) is 11.1. The van der Waals surface area contributed by atoms with E-state index in [2.05, 4.69) is 25.4 Å². The van der Waals surface area contributed by atoms with Gasteiger partial charge in [0.15, 0.2) is 23.2 Å². The van der Waals surface area contributed by atoms with Crippen LogP contribution in [0.15, 0.2) is 28.3 Å². The van der Waals surface area contributed by atoms with E-state index in [1.54, 1.807) is 10.9 Å². The van der Waals surface area contributed by atoms with E-state index in [4.69, 9.17) is 9.26 Å². The number of rotatable bonds is 6. The SMILES string of the molecule is Cc1cc(SC[C@@H]2O[C@@H](n3cnc4c(NC5CCCC5)ncnc43)[C@H](O)[C@@H]2O)no1. The van der Waals surface area contributed by atoms with E-state index < -0.39 is 24.5 Å². The number of ether oxygens (including phenoxy) is 1. The number of aromatic nitrogens is 5. The number of nitrogens with zero attached hydrogens (tertiary/aromatic N) is 5. The minimum Gasteiger partial charge on any atom is -0.387 e. The molecular formula is C19H24N6O4S. The average molecular weight is 433 g/mol. The molecule has 160 valence electrons. The first kappa shape index (κ1) is 19.7. The van der Waals surface area contributed by atoms with Gasteiger partial charge in [0.2, 0.25) is 0 Å². The van der Waals surface area contributed by atoms with Crippen molar-refractivity contribution in [1.29, 1.82) is 0 Å².